The van der Waals surface area contributed by atoms with E-state index in [0.717, 1.165) is 33.1 Å². The number of hydrogen-bond donors (Lipinski definition) is 0. The first kappa shape index (κ1) is 28.3. The lowest BCUT2D eigenvalue weighted by Crippen LogP contribution is -2.20. The second-order valence-corrected chi connectivity index (χ2v) is 9.80. The van der Waals surface area contributed by atoms with Crippen molar-refractivity contribution < 1.29 is 22.8 Å². The number of halogens is 3. The molecule has 6 aromatic rings. The first-order chi connectivity index (χ1) is 21.2. The molecule has 1 heterocycles. The van der Waals surface area contributed by atoms with E-state index in [0.29, 0.717) is 0 Å². The van der Waals surface area contributed by atoms with E-state index < -0.39 is 22.2 Å². The molecule has 0 unspecified atom stereocenters. The Morgan fingerprint density at radius 3 is 2.41 bits per heavy atom. The summed E-state index contributed by atoms with van der Waals surface area (Å²) in [4.78, 5) is 29.0. The molecule has 8 nitrogen and oxygen atoms in total. The van der Waals surface area contributed by atoms with Crippen LogP contribution in [0.1, 0.15) is 16.7 Å². The molecule has 0 spiro atoms. The second-order valence-electron chi connectivity index (χ2n) is 9.80. The van der Waals surface area contributed by atoms with Gasteiger partial charge in [-0.3, -0.25) is 14.9 Å². The van der Waals surface area contributed by atoms with Gasteiger partial charge in [-0.05, 0) is 46.7 Å². The van der Waals surface area contributed by atoms with Crippen molar-refractivity contribution in [2.45, 2.75) is 12.8 Å². The van der Waals surface area contributed by atoms with Crippen molar-refractivity contribution in [3.8, 4) is 17.1 Å². The lowest BCUT2D eigenvalue weighted by Gasteiger charge is -2.13. The molecule has 11 heteroatoms. The quantitative estimate of drug-likeness (QED) is 0.108. The van der Waals surface area contributed by atoms with Crippen LogP contribution in [-0.4, -0.2) is 20.8 Å². The van der Waals surface area contributed by atoms with Crippen molar-refractivity contribution in [1.82, 2.24) is 9.66 Å². The number of non-ortho nitro benzene ring substituents is 1. The maximum absolute atomic E-state index is 13.6. The Kier molecular flexibility index (Phi) is 7.36. The highest BCUT2D eigenvalue weighted by atomic mass is 19.4. The van der Waals surface area contributed by atoms with Gasteiger partial charge in [0.2, 0.25) is 0 Å². The van der Waals surface area contributed by atoms with Crippen LogP contribution in [-0.2, 0) is 12.8 Å². The van der Waals surface area contributed by atoms with Gasteiger partial charge in [0.1, 0.15) is 12.4 Å². The minimum absolute atomic E-state index is 0.00583. The zero-order chi connectivity index (χ0) is 30.8. The summed E-state index contributed by atoms with van der Waals surface area (Å²) in [6, 6.07) is 28.3. The first-order valence-corrected chi connectivity index (χ1v) is 13.3. The Morgan fingerprint density at radius 1 is 0.886 bits per heavy atom. The Labute approximate surface area is 247 Å². The predicted molar refractivity (Wildman–Crippen MR) is 161 cm³/mol. The molecular weight excluding hydrogens is 573 g/mol. The van der Waals surface area contributed by atoms with Gasteiger partial charge >= 0.3 is 6.18 Å². The number of nitrogens with zero attached hydrogens (tertiary/aromatic N) is 4. The SMILES string of the molecule is O=c1c2ccccc2nc(-c2cccc(C(F)(F)F)c2)n1N=Cc1cc([N+](=O)[O-])ccc1OCc1cccc2ccccc12. The number of ether oxygens (including phenoxy) is 1. The molecule has 0 atom stereocenters. The molecule has 0 fully saturated rings. The van der Waals surface area contributed by atoms with E-state index in [4.69, 9.17) is 4.74 Å². The zero-order valence-corrected chi connectivity index (χ0v) is 22.7. The van der Waals surface area contributed by atoms with Crippen LogP contribution in [0.25, 0.3) is 33.1 Å². The predicted octanol–water partition coefficient (Wildman–Crippen LogP) is 7.60. The van der Waals surface area contributed by atoms with Gasteiger partial charge < -0.3 is 4.74 Å². The zero-order valence-electron chi connectivity index (χ0n) is 22.7. The number of hydrogen-bond acceptors (Lipinski definition) is 6. The van der Waals surface area contributed by atoms with Crippen molar-refractivity contribution >= 4 is 33.6 Å². The third kappa shape index (κ3) is 5.62. The number of nitro groups is 1. The highest BCUT2D eigenvalue weighted by Crippen LogP contribution is 2.32. The Hall–Kier alpha value is -5.84. The summed E-state index contributed by atoms with van der Waals surface area (Å²) in [6.07, 6.45) is -3.43. The molecule has 0 amide bonds. The van der Waals surface area contributed by atoms with Gasteiger partial charge in [0.25, 0.3) is 11.2 Å². The number of alkyl halides is 3. The fourth-order valence-corrected chi connectivity index (χ4v) is 4.83. The van der Waals surface area contributed by atoms with Gasteiger partial charge in [0, 0.05) is 23.3 Å². The molecule has 0 saturated heterocycles. The number of aromatic nitrogens is 2. The van der Waals surface area contributed by atoms with Crippen LogP contribution in [0.4, 0.5) is 18.9 Å². The molecule has 5 aromatic carbocycles. The lowest BCUT2D eigenvalue weighted by molar-refractivity contribution is -0.384. The average Bonchev–Trinajstić information content (AvgIpc) is 3.03. The van der Waals surface area contributed by atoms with E-state index in [-0.39, 0.29) is 45.9 Å². The molecule has 0 saturated carbocycles. The van der Waals surface area contributed by atoms with Gasteiger partial charge in [-0.1, -0.05) is 66.7 Å². The molecule has 0 aliphatic carbocycles. The summed E-state index contributed by atoms with van der Waals surface area (Å²) in [7, 11) is 0. The van der Waals surface area contributed by atoms with Crippen molar-refractivity contribution in [3.05, 3.63) is 146 Å². The molecule has 0 bridgehead atoms. The number of benzene rings is 5. The molecule has 1 aromatic heterocycles. The van der Waals surface area contributed by atoms with Gasteiger partial charge in [0.05, 0.1) is 27.6 Å². The highest BCUT2D eigenvalue weighted by Gasteiger charge is 2.31. The largest absolute Gasteiger partial charge is 0.488 e. The standard InChI is InChI=1S/C33H21F3N4O4/c34-33(35,36)25-11-6-9-22(17-25)31-38-29-14-4-3-13-28(29)32(41)39(31)37-19-24-18-26(40(42)43)15-16-30(24)44-20-23-10-5-8-21-7-1-2-12-27(21)23/h1-19H,20H2. The van der Waals surface area contributed by atoms with E-state index in [1.807, 2.05) is 42.5 Å². The fraction of sp³-hybridized carbons (Fsp3) is 0.0606. The molecular formula is C33H21F3N4O4. The van der Waals surface area contributed by atoms with Gasteiger partial charge in [-0.25, -0.2) is 4.98 Å². The maximum Gasteiger partial charge on any atom is 0.416 e. The summed E-state index contributed by atoms with van der Waals surface area (Å²) < 4.78 is 47.5. The third-order valence-electron chi connectivity index (χ3n) is 6.98. The van der Waals surface area contributed by atoms with Crippen molar-refractivity contribution in [2.75, 3.05) is 0 Å². The molecule has 6 rings (SSSR count). The number of rotatable bonds is 7. The number of fused-ring (bicyclic) bond motifs is 2. The number of nitro benzene ring substituents is 1. The van der Waals surface area contributed by atoms with E-state index in [1.165, 1.54) is 42.6 Å². The summed E-state index contributed by atoms with van der Waals surface area (Å²) in [5, 5.41) is 18.1. The van der Waals surface area contributed by atoms with Gasteiger partial charge in [-0.15, -0.1) is 0 Å². The Bertz CT molecular complexity index is 2140. The summed E-state index contributed by atoms with van der Waals surface area (Å²) in [5.41, 5.74) is -0.470. The summed E-state index contributed by atoms with van der Waals surface area (Å²) in [6.45, 7) is 0.132. The van der Waals surface area contributed by atoms with Crippen LogP contribution in [0.3, 0.4) is 0 Å². The lowest BCUT2D eigenvalue weighted by atomic mass is 10.1. The monoisotopic (exact) mass is 594 g/mol. The summed E-state index contributed by atoms with van der Waals surface area (Å²) in [5.74, 6) is 0.106. The van der Waals surface area contributed by atoms with Crippen LogP contribution >= 0.6 is 0 Å². The van der Waals surface area contributed by atoms with Crippen molar-refractivity contribution in [2.24, 2.45) is 5.10 Å². The van der Waals surface area contributed by atoms with Crippen molar-refractivity contribution in [1.29, 1.82) is 0 Å². The van der Waals surface area contributed by atoms with Crippen LogP contribution in [0.15, 0.2) is 119 Å². The smallest absolute Gasteiger partial charge is 0.416 e. The van der Waals surface area contributed by atoms with Crippen LogP contribution < -0.4 is 10.3 Å². The van der Waals surface area contributed by atoms with Gasteiger partial charge in [0.15, 0.2) is 5.82 Å². The second kappa shape index (κ2) is 11.4. The maximum atomic E-state index is 13.6. The number of para-hydroxylation sites is 1. The van der Waals surface area contributed by atoms with E-state index in [1.54, 1.807) is 18.2 Å². The van der Waals surface area contributed by atoms with Crippen molar-refractivity contribution in [3.63, 3.8) is 0 Å². The van der Waals surface area contributed by atoms with Crippen LogP contribution in [0, 0.1) is 10.1 Å². The third-order valence-corrected chi connectivity index (χ3v) is 6.98. The van der Waals surface area contributed by atoms with E-state index >= 15 is 0 Å². The van der Waals surface area contributed by atoms with E-state index in [2.05, 4.69) is 10.1 Å². The van der Waals surface area contributed by atoms with E-state index in [9.17, 15) is 28.1 Å². The van der Waals surface area contributed by atoms with Crippen LogP contribution in [0.5, 0.6) is 5.75 Å². The topological polar surface area (TPSA) is 99.6 Å². The average molecular weight is 595 g/mol. The van der Waals surface area contributed by atoms with Crippen LogP contribution in [0.2, 0.25) is 0 Å². The molecule has 0 N–H and O–H groups in total. The molecule has 218 valence electrons. The first-order valence-electron chi connectivity index (χ1n) is 13.3. The molecule has 0 aliphatic heterocycles. The summed E-state index contributed by atoms with van der Waals surface area (Å²) >= 11 is 0. The fourth-order valence-electron chi connectivity index (χ4n) is 4.83. The van der Waals surface area contributed by atoms with Gasteiger partial charge in [-0.2, -0.15) is 22.9 Å². The minimum atomic E-state index is -4.62. The molecule has 0 aliphatic rings. The Balaban J connectivity index is 1.45. The Morgan fingerprint density at radius 2 is 1.61 bits per heavy atom. The molecule has 0 radical (unpaired) electrons. The minimum Gasteiger partial charge on any atom is -0.488 e. The highest BCUT2D eigenvalue weighted by molar-refractivity contribution is 5.87. The normalized spacial score (nSPS) is 11.8. The molecule has 44 heavy (non-hydrogen) atoms.